The first-order valence-electron chi connectivity index (χ1n) is 5.44. The van der Waals surface area contributed by atoms with Crippen LogP contribution in [0.3, 0.4) is 0 Å². The first-order valence-corrected chi connectivity index (χ1v) is 6.56. The lowest BCUT2D eigenvalue weighted by Gasteiger charge is -2.46. The molecule has 74 valence electrons. The number of carbonyl (C=O) groups excluding carboxylic acids is 1. The van der Waals surface area contributed by atoms with E-state index in [0.29, 0.717) is 17.6 Å². The third-order valence-corrected chi connectivity index (χ3v) is 4.28. The summed E-state index contributed by atoms with van der Waals surface area (Å²) in [5.74, 6) is 2.29. The number of ketones is 1. The predicted molar refractivity (Wildman–Crippen MR) is 57.0 cm³/mol. The zero-order valence-corrected chi connectivity index (χ0v) is 9.55. The molecule has 3 atom stereocenters. The van der Waals surface area contributed by atoms with Crippen LogP contribution in [0, 0.1) is 17.8 Å². The number of hydrogen-bond donors (Lipinski definition) is 0. The summed E-state index contributed by atoms with van der Waals surface area (Å²) >= 11 is 3.43. The minimum Gasteiger partial charge on any atom is -0.299 e. The molecular formula is C11H17BrO. The predicted octanol–water partition coefficient (Wildman–Crippen LogP) is 3.17. The molecule has 0 aromatic rings. The van der Waals surface area contributed by atoms with Gasteiger partial charge >= 0.3 is 0 Å². The van der Waals surface area contributed by atoms with Crippen molar-refractivity contribution in [3.05, 3.63) is 0 Å². The smallest absolute Gasteiger partial charge is 0.139 e. The fourth-order valence-electron chi connectivity index (χ4n) is 3.02. The van der Waals surface area contributed by atoms with Gasteiger partial charge in [-0.2, -0.15) is 0 Å². The monoisotopic (exact) mass is 244 g/mol. The average Bonchev–Trinajstić information content (AvgIpc) is 2.18. The van der Waals surface area contributed by atoms with Gasteiger partial charge in [-0.3, -0.25) is 4.79 Å². The Morgan fingerprint density at radius 2 is 2.08 bits per heavy atom. The van der Waals surface area contributed by atoms with Gasteiger partial charge in [-0.15, -0.1) is 0 Å². The Balaban J connectivity index is 1.87. The molecule has 0 saturated heterocycles. The number of fused-ring (bicyclic) bond motifs is 1. The largest absolute Gasteiger partial charge is 0.299 e. The molecule has 0 spiro atoms. The Kier molecular flexibility index (Phi) is 3.07. The van der Waals surface area contributed by atoms with Gasteiger partial charge in [0.05, 0.1) is 0 Å². The molecule has 0 radical (unpaired) electrons. The highest BCUT2D eigenvalue weighted by Gasteiger charge is 2.48. The number of Topliss-reactive ketones (excluding diaryl/α,β-unsaturated/α-hetero) is 1. The van der Waals surface area contributed by atoms with E-state index in [9.17, 15) is 4.79 Å². The van der Waals surface area contributed by atoms with E-state index in [4.69, 9.17) is 0 Å². The Morgan fingerprint density at radius 3 is 2.85 bits per heavy atom. The minimum absolute atomic E-state index is 0.447. The summed E-state index contributed by atoms with van der Waals surface area (Å²) < 4.78 is 0. The number of alkyl halides is 1. The topological polar surface area (TPSA) is 17.1 Å². The van der Waals surface area contributed by atoms with E-state index < -0.39 is 0 Å². The zero-order chi connectivity index (χ0) is 9.26. The molecule has 2 fully saturated rings. The van der Waals surface area contributed by atoms with Gasteiger partial charge in [-0.25, -0.2) is 0 Å². The highest BCUT2D eigenvalue weighted by atomic mass is 79.9. The molecule has 2 heteroatoms. The van der Waals surface area contributed by atoms with Gasteiger partial charge < -0.3 is 0 Å². The SMILES string of the molecule is O=C1[C@H](CCCBr)[C@H]2CCCC[C@@H]12. The van der Waals surface area contributed by atoms with Crippen LogP contribution in [0.2, 0.25) is 0 Å². The molecule has 2 aliphatic carbocycles. The Morgan fingerprint density at radius 1 is 1.31 bits per heavy atom. The summed E-state index contributed by atoms with van der Waals surface area (Å²) in [6.45, 7) is 0. The molecule has 2 saturated carbocycles. The van der Waals surface area contributed by atoms with Crippen LogP contribution >= 0.6 is 15.9 Å². The van der Waals surface area contributed by atoms with Crippen LogP contribution in [0.1, 0.15) is 38.5 Å². The van der Waals surface area contributed by atoms with E-state index in [1.165, 1.54) is 32.1 Å². The highest BCUT2D eigenvalue weighted by Crippen LogP contribution is 2.48. The van der Waals surface area contributed by atoms with Crippen LogP contribution < -0.4 is 0 Å². The van der Waals surface area contributed by atoms with Crippen LogP contribution in [-0.4, -0.2) is 11.1 Å². The van der Waals surface area contributed by atoms with E-state index in [0.717, 1.165) is 17.7 Å². The molecule has 0 aromatic carbocycles. The number of rotatable bonds is 3. The second-order valence-electron chi connectivity index (χ2n) is 4.39. The Bertz CT molecular complexity index is 202. The lowest BCUT2D eigenvalue weighted by Crippen LogP contribution is -2.49. The molecule has 0 bridgehead atoms. The molecule has 1 nitrogen and oxygen atoms in total. The summed E-state index contributed by atoms with van der Waals surface area (Å²) in [5.41, 5.74) is 0. The van der Waals surface area contributed by atoms with Gasteiger partial charge in [0.1, 0.15) is 5.78 Å². The number of halogens is 1. The van der Waals surface area contributed by atoms with Crippen LogP contribution in [0.15, 0.2) is 0 Å². The molecule has 0 aromatic heterocycles. The third kappa shape index (κ3) is 1.70. The van der Waals surface area contributed by atoms with Crippen molar-refractivity contribution in [1.29, 1.82) is 0 Å². The lowest BCUT2D eigenvalue weighted by atomic mass is 9.56. The maximum Gasteiger partial charge on any atom is 0.139 e. The fraction of sp³-hybridized carbons (Fsp3) is 0.909. The highest BCUT2D eigenvalue weighted by molar-refractivity contribution is 9.09. The van der Waals surface area contributed by atoms with E-state index in [-0.39, 0.29) is 0 Å². The normalized spacial score (nSPS) is 38.2. The van der Waals surface area contributed by atoms with Gasteiger partial charge in [0, 0.05) is 17.2 Å². The van der Waals surface area contributed by atoms with Crippen molar-refractivity contribution in [3.63, 3.8) is 0 Å². The molecule has 0 N–H and O–H groups in total. The van der Waals surface area contributed by atoms with Gasteiger partial charge in [-0.1, -0.05) is 28.8 Å². The first-order chi connectivity index (χ1) is 6.34. The van der Waals surface area contributed by atoms with Gasteiger partial charge in [0.15, 0.2) is 0 Å². The zero-order valence-electron chi connectivity index (χ0n) is 7.97. The molecular weight excluding hydrogens is 228 g/mol. The van der Waals surface area contributed by atoms with Crippen LogP contribution in [0.4, 0.5) is 0 Å². The second-order valence-corrected chi connectivity index (χ2v) is 5.19. The summed E-state index contributed by atoms with van der Waals surface area (Å²) in [6.07, 6.45) is 7.46. The summed E-state index contributed by atoms with van der Waals surface area (Å²) in [7, 11) is 0. The second kappa shape index (κ2) is 4.12. The van der Waals surface area contributed by atoms with Crippen LogP contribution in [0.5, 0.6) is 0 Å². The number of carbonyl (C=O) groups is 1. The average molecular weight is 245 g/mol. The Labute approximate surface area is 88.4 Å². The van der Waals surface area contributed by atoms with Crippen molar-refractivity contribution in [3.8, 4) is 0 Å². The molecule has 0 amide bonds. The molecule has 2 rings (SSSR count). The van der Waals surface area contributed by atoms with E-state index >= 15 is 0 Å². The molecule has 2 aliphatic rings. The fourth-order valence-corrected chi connectivity index (χ4v) is 3.34. The third-order valence-electron chi connectivity index (χ3n) is 3.72. The van der Waals surface area contributed by atoms with E-state index in [1.807, 2.05) is 0 Å². The minimum atomic E-state index is 0.447. The first kappa shape index (κ1) is 9.70. The summed E-state index contributed by atoms with van der Waals surface area (Å²) in [4.78, 5) is 11.7. The van der Waals surface area contributed by atoms with Gasteiger partial charge in [0.2, 0.25) is 0 Å². The van der Waals surface area contributed by atoms with Gasteiger partial charge in [-0.05, 0) is 31.6 Å². The van der Waals surface area contributed by atoms with E-state index in [1.54, 1.807) is 0 Å². The quantitative estimate of drug-likeness (QED) is 0.698. The van der Waals surface area contributed by atoms with Crippen molar-refractivity contribution < 1.29 is 4.79 Å². The maximum absolute atomic E-state index is 11.7. The molecule has 13 heavy (non-hydrogen) atoms. The van der Waals surface area contributed by atoms with Gasteiger partial charge in [0.25, 0.3) is 0 Å². The lowest BCUT2D eigenvalue weighted by molar-refractivity contribution is -0.146. The van der Waals surface area contributed by atoms with E-state index in [2.05, 4.69) is 15.9 Å². The van der Waals surface area contributed by atoms with Crippen molar-refractivity contribution in [2.45, 2.75) is 38.5 Å². The maximum atomic E-state index is 11.7. The number of hydrogen-bond acceptors (Lipinski definition) is 1. The molecule has 0 heterocycles. The van der Waals surface area contributed by atoms with Crippen molar-refractivity contribution >= 4 is 21.7 Å². The van der Waals surface area contributed by atoms with Crippen LogP contribution in [-0.2, 0) is 4.79 Å². The molecule has 0 aliphatic heterocycles. The van der Waals surface area contributed by atoms with Crippen LogP contribution in [0.25, 0.3) is 0 Å². The van der Waals surface area contributed by atoms with Crippen molar-refractivity contribution in [2.75, 3.05) is 5.33 Å². The van der Waals surface area contributed by atoms with Crippen molar-refractivity contribution in [2.24, 2.45) is 17.8 Å². The summed E-state index contributed by atoms with van der Waals surface area (Å²) in [5, 5.41) is 1.05. The van der Waals surface area contributed by atoms with Crippen molar-refractivity contribution in [1.82, 2.24) is 0 Å². The standard InChI is InChI=1S/C11H17BrO/c12-7-3-6-10-8-4-1-2-5-9(8)11(10)13/h8-10H,1-7H2/t8-,9+,10+/m0/s1. The molecule has 0 unspecified atom stereocenters. The summed E-state index contributed by atoms with van der Waals surface area (Å²) in [6, 6.07) is 0. The Hall–Kier alpha value is 0.150.